The van der Waals surface area contributed by atoms with Crippen LogP contribution in [0.5, 0.6) is 5.75 Å². The molecule has 0 atom stereocenters. The van der Waals surface area contributed by atoms with E-state index in [4.69, 9.17) is 16.3 Å². The minimum Gasteiger partial charge on any atom is -0.495 e. The summed E-state index contributed by atoms with van der Waals surface area (Å²) in [5.74, 6) is 1.53. The van der Waals surface area contributed by atoms with Crippen molar-refractivity contribution in [1.82, 2.24) is 15.3 Å². The highest BCUT2D eigenvalue weighted by atomic mass is 35.5. The fourth-order valence-corrected chi connectivity index (χ4v) is 3.40. The first-order chi connectivity index (χ1) is 12.5. The molecule has 0 unspecified atom stereocenters. The molecule has 6 nitrogen and oxygen atoms in total. The molecule has 0 aliphatic heterocycles. The van der Waals surface area contributed by atoms with Crippen LogP contribution in [0.2, 0.25) is 5.02 Å². The first-order valence-corrected chi connectivity index (χ1v) is 9.20. The number of amides is 1. The van der Waals surface area contributed by atoms with Gasteiger partial charge in [-0.15, -0.1) is 0 Å². The van der Waals surface area contributed by atoms with Crippen LogP contribution in [0.4, 0.5) is 11.5 Å². The Morgan fingerprint density at radius 2 is 1.96 bits per heavy atom. The largest absolute Gasteiger partial charge is 0.495 e. The minimum absolute atomic E-state index is 0.154. The van der Waals surface area contributed by atoms with Crippen LogP contribution in [-0.4, -0.2) is 29.0 Å². The van der Waals surface area contributed by atoms with Crippen LogP contribution >= 0.6 is 11.6 Å². The lowest BCUT2D eigenvalue weighted by Gasteiger charge is -2.22. The quantitative estimate of drug-likeness (QED) is 0.818. The number of hydrogen-bond acceptors (Lipinski definition) is 5. The molecule has 0 spiro atoms. The van der Waals surface area contributed by atoms with E-state index in [1.54, 1.807) is 32.2 Å². The monoisotopic (exact) mass is 374 g/mol. The van der Waals surface area contributed by atoms with Crippen LogP contribution in [0.1, 0.15) is 48.4 Å². The third-order valence-electron chi connectivity index (χ3n) is 4.44. The van der Waals surface area contributed by atoms with Crippen molar-refractivity contribution >= 4 is 29.0 Å². The van der Waals surface area contributed by atoms with Crippen LogP contribution in [0.3, 0.4) is 0 Å². The van der Waals surface area contributed by atoms with Crippen molar-refractivity contribution in [3.63, 3.8) is 0 Å². The molecular formula is C19H23ClN4O2. The molecule has 1 saturated carbocycles. The van der Waals surface area contributed by atoms with E-state index in [1.165, 1.54) is 19.3 Å². The maximum Gasteiger partial charge on any atom is 0.270 e. The second-order valence-corrected chi connectivity index (χ2v) is 6.88. The highest BCUT2D eigenvalue weighted by molar-refractivity contribution is 6.32. The lowest BCUT2D eigenvalue weighted by atomic mass is 9.95. The van der Waals surface area contributed by atoms with Gasteiger partial charge in [-0.3, -0.25) is 4.79 Å². The fraction of sp³-hybridized carbons (Fsp3) is 0.421. The minimum atomic E-state index is -0.154. The van der Waals surface area contributed by atoms with Crippen molar-refractivity contribution in [1.29, 1.82) is 0 Å². The van der Waals surface area contributed by atoms with Crippen molar-refractivity contribution < 1.29 is 9.53 Å². The van der Waals surface area contributed by atoms with E-state index >= 15 is 0 Å². The highest BCUT2D eigenvalue weighted by Crippen LogP contribution is 2.28. The molecule has 0 bridgehead atoms. The second kappa shape index (κ2) is 8.36. The Labute approximate surface area is 158 Å². The summed E-state index contributed by atoms with van der Waals surface area (Å²) in [5.41, 5.74) is 1.12. The maximum atomic E-state index is 12.5. The molecule has 1 aromatic carbocycles. The van der Waals surface area contributed by atoms with Gasteiger partial charge >= 0.3 is 0 Å². The Bertz CT molecular complexity index is 791. The van der Waals surface area contributed by atoms with E-state index < -0.39 is 0 Å². The van der Waals surface area contributed by atoms with Gasteiger partial charge in [0.05, 0.1) is 12.1 Å². The summed E-state index contributed by atoms with van der Waals surface area (Å²) in [6.07, 6.45) is 5.64. The van der Waals surface area contributed by atoms with Gasteiger partial charge in [0.1, 0.15) is 23.1 Å². The zero-order chi connectivity index (χ0) is 18.5. The van der Waals surface area contributed by atoms with Crippen molar-refractivity contribution in [3.8, 4) is 5.75 Å². The van der Waals surface area contributed by atoms with E-state index in [-0.39, 0.29) is 11.9 Å². The smallest absolute Gasteiger partial charge is 0.270 e. The van der Waals surface area contributed by atoms with Crippen molar-refractivity contribution in [2.24, 2.45) is 0 Å². The number of anilines is 2. The predicted molar refractivity (Wildman–Crippen MR) is 102 cm³/mol. The number of methoxy groups -OCH3 is 1. The van der Waals surface area contributed by atoms with E-state index in [2.05, 4.69) is 20.6 Å². The van der Waals surface area contributed by atoms with Crippen molar-refractivity contribution in [2.45, 2.75) is 45.1 Å². The number of nitrogens with one attached hydrogen (secondary N) is 2. The van der Waals surface area contributed by atoms with E-state index in [0.29, 0.717) is 28.1 Å². The number of rotatable bonds is 5. The number of aryl methyl sites for hydroxylation is 1. The molecule has 1 aromatic heterocycles. The van der Waals surface area contributed by atoms with E-state index in [1.807, 2.05) is 6.07 Å². The molecule has 138 valence electrons. The molecule has 1 aliphatic carbocycles. The molecule has 1 amide bonds. The van der Waals surface area contributed by atoms with Crippen molar-refractivity contribution in [2.75, 3.05) is 12.4 Å². The summed E-state index contributed by atoms with van der Waals surface area (Å²) in [6.45, 7) is 1.77. The van der Waals surface area contributed by atoms with Crippen LogP contribution in [0.15, 0.2) is 24.3 Å². The lowest BCUT2D eigenvalue weighted by Crippen LogP contribution is -2.36. The molecule has 1 fully saturated rings. The summed E-state index contributed by atoms with van der Waals surface area (Å²) >= 11 is 6.16. The number of aromatic nitrogens is 2. The molecule has 1 aliphatic rings. The van der Waals surface area contributed by atoms with Gasteiger partial charge in [0, 0.05) is 17.8 Å². The average Bonchev–Trinajstić information content (AvgIpc) is 2.62. The molecule has 0 saturated heterocycles. The Morgan fingerprint density at radius 1 is 1.19 bits per heavy atom. The third-order valence-corrected chi connectivity index (χ3v) is 4.73. The molecular weight excluding hydrogens is 352 g/mol. The summed E-state index contributed by atoms with van der Waals surface area (Å²) in [5, 5.41) is 6.75. The fourth-order valence-electron chi connectivity index (χ4n) is 3.15. The molecule has 0 radical (unpaired) electrons. The topological polar surface area (TPSA) is 76.1 Å². The normalized spacial score (nSPS) is 14.7. The predicted octanol–water partition coefficient (Wildman–Crippen LogP) is 4.25. The summed E-state index contributed by atoms with van der Waals surface area (Å²) in [7, 11) is 1.57. The zero-order valence-electron chi connectivity index (χ0n) is 15.0. The SMILES string of the molecule is COc1ccc(Nc2cc(C(=O)NC3CCCCC3)nc(C)n2)cc1Cl. The molecule has 2 N–H and O–H groups in total. The lowest BCUT2D eigenvalue weighted by molar-refractivity contribution is 0.0922. The number of carbonyl (C=O) groups is 1. The first-order valence-electron chi connectivity index (χ1n) is 8.82. The zero-order valence-corrected chi connectivity index (χ0v) is 15.8. The Kier molecular flexibility index (Phi) is 5.93. The number of carbonyl (C=O) groups excluding carboxylic acids is 1. The van der Waals surface area contributed by atoms with Crippen LogP contribution in [0.25, 0.3) is 0 Å². The Hall–Kier alpha value is -2.34. The number of halogens is 1. The van der Waals surface area contributed by atoms with Gasteiger partial charge in [-0.1, -0.05) is 30.9 Å². The van der Waals surface area contributed by atoms with Crippen molar-refractivity contribution in [3.05, 3.63) is 40.8 Å². The molecule has 7 heteroatoms. The van der Waals surface area contributed by atoms with Gasteiger partial charge in [0.25, 0.3) is 5.91 Å². The van der Waals surface area contributed by atoms with Crippen LogP contribution in [0, 0.1) is 6.92 Å². The van der Waals surface area contributed by atoms with Gasteiger partial charge in [0.2, 0.25) is 0 Å². The van der Waals surface area contributed by atoms with Gasteiger partial charge in [-0.2, -0.15) is 0 Å². The number of benzene rings is 1. The molecule has 26 heavy (non-hydrogen) atoms. The molecule has 3 rings (SSSR count). The van der Waals surface area contributed by atoms with Crippen LogP contribution in [-0.2, 0) is 0 Å². The van der Waals surface area contributed by atoms with E-state index in [9.17, 15) is 4.79 Å². The standard InChI is InChI=1S/C19H23ClN4O2/c1-12-21-16(19(25)24-13-6-4-3-5-7-13)11-18(22-12)23-14-8-9-17(26-2)15(20)10-14/h8-11,13H,3-7H2,1-2H3,(H,24,25)(H,21,22,23). The Balaban J connectivity index is 1.74. The van der Waals surface area contributed by atoms with Gasteiger partial charge in [0.15, 0.2) is 0 Å². The number of hydrogen-bond donors (Lipinski definition) is 2. The van der Waals surface area contributed by atoms with Gasteiger partial charge in [-0.05, 0) is 38.0 Å². The summed E-state index contributed by atoms with van der Waals surface area (Å²) in [4.78, 5) is 21.2. The summed E-state index contributed by atoms with van der Waals surface area (Å²) < 4.78 is 5.15. The highest BCUT2D eigenvalue weighted by Gasteiger charge is 2.18. The molecule has 2 aromatic rings. The Morgan fingerprint density at radius 3 is 2.65 bits per heavy atom. The second-order valence-electron chi connectivity index (χ2n) is 6.47. The van der Waals surface area contributed by atoms with E-state index in [0.717, 1.165) is 18.5 Å². The number of ether oxygens (including phenoxy) is 1. The number of nitrogens with zero attached hydrogens (tertiary/aromatic N) is 2. The first kappa shape index (κ1) is 18.5. The van der Waals surface area contributed by atoms with Crippen LogP contribution < -0.4 is 15.4 Å². The van der Waals surface area contributed by atoms with Gasteiger partial charge in [-0.25, -0.2) is 9.97 Å². The van der Waals surface area contributed by atoms with Gasteiger partial charge < -0.3 is 15.4 Å². The summed E-state index contributed by atoms with van der Waals surface area (Å²) in [6, 6.07) is 7.26. The average molecular weight is 375 g/mol. The maximum absolute atomic E-state index is 12.5. The third kappa shape index (κ3) is 4.64. The molecule has 1 heterocycles.